The predicted molar refractivity (Wildman–Crippen MR) is 107 cm³/mol. The van der Waals surface area contributed by atoms with Crippen LogP contribution in [0.4, 0.5) is 0 Å². The molecule has 0 heterocycles. The summed E-state index contributed by atoms with van der Waals surface area (Å²) in [5, 5.41) is 0. The van der Waals surface area contributed by atoms with E-state index < -0.39 is 0 Å². The van der Waals surface area contributed by atoms with Gasteiger partial charge in [-0.15, -0.1) is 0 Å². The maximum atomic E-state index is 6.14. The van der Waals surface area contributed by atoms with Gasteiger partial charge in [0.05, 0.1) is 0 Å². The Labute approximate surface area is 156 Å². The van der Waals surface area contributed by atoms with E-state index in [0.29, 0.717) is 6.04 Å². The summed E-state index contributed by atoms with van der Waals surface area (Å²) in [5.41, 5.74) is 6.99. The van der Waals surface area contributed by atoms with Gasteiger partial charge in [0.2, 0.25) is 0 Å². The van der Waals surface area contributed by atoms with Gasteiger partial charge in [-0.2, -0.15) is 0 Å². The van der Waals surface area contributed by atoms with E-state index in [2.05, 4.69) is 27.7 Å². The van der Waals surface area contributed by atoms with Gasteiger partial charge in [0, 0.05) is 6.04 Å². The van der Waals surface area contributed by atoms with Crippen molar-refractivity contribution in [3.05, 3.63) is 0 Å². The molecule has 0 spiro atoms. The van der Waals surface area contributed by atoms with Crippen molar-refractivity contribution < 1.29 is 0 Å². The highest BCUT2D eigenvalue weighted by Crippen LogP contribution is 2.77. The average molecular weight is 346 g/mol. The largest absolute Gasteiger partial charge is 0.327 e. The van der Waals surface area contributed by atoms with Gasteiger partial charge in [0.25, 0.3) is 0 Å². The maximum Gasteiger partial charge on any atom is 0.00701 e. The van der Waals surface area contributed by atoms with Crippen molar-refractivity contribution in [1.82, 2.24) is 0 Å². The summed E-state index contributed by atoms with van der Waals surface area (Å²) >= 11 is 0. The van der Waals surface area contributed by atoms with Crippen LogP contribution < -0.4 is 5.73 Å². The molecule has 10 atom stereocenters. The van der Waals surface area contributed by atoms with Crippen LogP contribution in [0.3, 0.4) is 0 Å². The van der Waals surface area contributed by atoms with E-state index >= 15 is 0 Å². The molecule has 0 amide bonds. The van der Waals surface area contributed by atoms with Crippen LogP contribution in [-0.2, 0) is 0 Å². The van der Waals surface area contributed by atoms with Crippen LogP contribution in [0.5, 0.6) is 0 Å². The van der Waals surface area contributed by atoms with Crippen LogP contribution in [0.25, 0.3) is 0 Å². The Balaban J connectivity index is 1.28. The highest BCUT2D eigenvalue weighted by Gasteiger charge is 2.69. The third kappa shape index (κ3) is 2.91. The Morgan fingerprint density at radius 1 is 1.08 bits per heavy atom. The van der Waals surface area contributed by atoms with Gasteiger partial charge in [-0.05, 0) is 104 Å². The van der Waals surface area contributed by atoms with E-state index in [1.54, 1.807) is 32.1 Å². The quantitative estimate of drug-likeness (QED) is 0.524. The molecule has 0 bridgehead atoms. The molecule has 4 rings (SSSR count). The Kier molecular flexibility index (Phi) is 5.02. The third-order valence-corrected chi connectivity index (χ3v) is 9.74. The van der Waals surface area contributed by atoms with E-state index in [1.807, 2.05) is 0 Å². The van der Waals surface area contributed by atoms with Crippen molar-refractivity contribution in [2.75, 3.05) is 0 Å². The lowest BCUT2D eigenvalue weighted by molar-refractivity contribution is -0.261. The number of rotatable bonds is 9. The van der Waals surface area contributed by atoms with Crippen LogP contribution in [0.15, 0.2) is 0 Å². The summed E-state index contributed by atoms with van der Waals surface area (Å²) in [6.07, 6.45) is 15.0. The molecule has 0 aromatic heterocycles. The molecule has 0 aromatic carbocycles. The lowest BCUT2D eigenvalue weighted by atomic mass is 9.30. The molecule has 2 N–H and O–H groups in total. The first-order valence-corrected chi connectivity index (χ1v) is 11.7. The lowest BCUT2D eigenvalue weighted by Crippen LogP contribution is -2.67. The highest BCUT2D eigenvalue weighted by atomic mass is 14.7. The third-order valence-electron chi connectivity index (χ3n) is 9.74. The Morgan fingerprint density at radius 3 is 2.32 bits per heavy atom. The van der Waals surface area contributed by atoms with Crippen molar-refractivity contribution in [2.24, 2.45) is 58.5 Å². The molecule has 0 aromatic rings. The van der Waals surface area contributed by atoms with Gasteiger partial charge in [-0.3, -0.25) is 0 Å². The monoisotopic (exact) mass is 345 g/mol. The van der Waals surface area contributed by atoms with Crippen LogP contribution in [-0.4, -0.2) is 6.04 Å². The summed E-state index contributed by atoms with van der Waals surface area (Å²) in [5.74, 6) is 7.96. The van der Waals surface area contributed by atoms with Crippen LogP contribution in [0, 0.1) is 52.8 Å². The van der Waals surface area contributed by atoms with E-state index in [0.717, 1.165) is 46.8 Å². The van der Waals surface area contributed by atoms with Gasteiger partial charge in [0.15, 0.2) is 0 Å². The molecule has 0 saturated heterocycles. The van der Waals surface area contributed by atoms with E-state index in [-0.39, 0.29) is 0 Å². The normalized spacial score (nSPS) is 47.9. The number of hydrogen-bond donors (Lipinski definition) is 1. The summed E-state index contributed by atoms with van der Waals surface area (Å²) in [6, 6.07) is 0.485. The summed E-state index contributed by atoms with van der Waals surface area (Å²) in [4.78, 5) is 0. The molecule has 4 fully saturated rings. The Morgan fingerprint density at radius 2 is 1.84 bits per heavy atom. The molecule has 4 aliphatic rings. The fourth-order valence-corrected chi connectivity index (χ4v) is 8.13. The second kappa shape index (κ2) is 6.84. The number of hydrogen-bond acceptors (Lipinski definition) is 1. The van der Waals surface area contributed by atoms with E-state index in [9.17, 15) is 0 Å². The minimum Gasteiger partial charge on any atom is -0.327 e. The maximum absolute atomic E-state index is 6.14. The minimum atomic E-state index is 0.485. The number of nitrogens with two attached hydrogens (primary N) is 1. The number of fused-ring (bicyclic) bond motifs is 4. The van der Waals surface area contributed by atoms with Gasteiger partial charge in [-0.1, -0.05) is 40.5 Å². The van der Waals surface area contributed by atoms with Crippen molar-refractivity contribution in [3.63, 3.8) is 0 Å². The van der Waals surface area contributed by atoms with Crippen LogP contribution >= 0.6 is 0 Å². The molecule has 0 aliphatic heterocycles. The zero-order chi connectivity index (χ0) is 17.8. The smallest absolute Gasteiger partial charge is 0.00701 e. The molecule has 144 valence electrons. The molecule has 1 nitrogen and oxygen atoms in total. The standard InChI is InChI=1S/C24H43N/c1-5-6-18(14-24-10-9-22(24)19-7-8-21(19)24)12-15(2)11-16(3)20-13-23(25)17(20)4/h15-23H,5-14,25H2,1-4H3. The highest BCUT2D eigenvalue weighted by molar-refractivity contribution is 5.18. The first-order chi connectivity index (χ1) is 12.0. The molecule has 4 saturated carbocycles. The van der Waals surface area contributed by atoms with Gasteiger partial charge >= 0.3 is 0 Å². The zero-order valence-corrected chi connectivity index (χ0v) is 17.3. The van der Waals surface area contributed by atoms with E-state index in [4.69, 9.17) is 5.73 Å². The van der Waals surface area contributed by atoms with Crippen molar-refractivity contribution in [2.45, 2.75) is 97.9 Å². The van der Waals surface area contributed by atoms with Crippen molar-refractivity contribution in [3.8, 4) is 0 Å². The second-order valence-corrected chi connectivity index (χ2v) is 11.1. The Bertz CT molecular complexity index is 461. The summed E-state index contributed by atoms with van der Waals surface area (Å²) in [6.45, 7) is 9.83. The summed E-state index contributed by atoms with van der Waals surface area (Å²) < 4.78 is 0. The van der Waals surface area contributed by atoms with Crippen molar-refractivity contribution in [1.29, 1.82) is 0 Å². The van der Waals surface area contributed by atoms with Gasteiger partial charge in [0.1, 0.15) is 0 Å². The predicted octanol–water partition coefficient (Wildman–Crippen LogP) is 6.26. The molecule has 0 radical (unpaired) electrons. The fourth-order valence-electron chi connectivity index (χ4n) is 8.13. The fraction of sp³-hybridized carbons (Fsp3) is 1.00. The molecule has 25 heavy (non-hydrogen) atoms. The molecule has 4 aliphatic carbocycles. The second-order valence-electron chi connectivity index (χ2n) is 11.1. The summed E-state index contributed by atoms with van der Waals surface area (Å²) in [7, 11) is 0. The first-order valence-electron chi connectivity index (χ1n) is 11.7. The van der Waals surface area contributed by atoms with Crippen LogP contribution in [0.1, 0.15) is 91.9 Å². The molecule has 1 heteroatoms. The zero-order valence-electron chi connectivity index (χ0n) is 17.3. The van der Waals surface area contributed by atoms with Gasteiger partial charge in [-0.25, -0.2) is 0 Å². The molecule has 10 unspecified atom stereocenters. The molecular weight excluding hydrogens is 302 g/mol. The lowest BCUT2D eigenvalue weighted by Gasteiger charge is -2.75. The average Bonchev–Trinajstić information content (AvgIpc) is 2.53. The minimum absolute atomic E-state index is 0.485. The van der Waals surface area contributed by atoms with Crippen LogP contribution in [0.2, 0.25) is 0 Å². The van der Waals surface area contributed by atoms with E-state index in [1.165, 1.54) is 38.0 Å². The Hall–Kier alpha value is -0.0400. The SMILES string of the molecule is CCCC(CC(C)CC(C)C1CC(N)C1C)CC12CCC1C1CCC12. The van der Waals surface area contributed by atoms with Gasteiger partial charge < -0.3 is 5.73 Å². The first kappa shape index (κ1) is 18.3. The van der Waals surface area contributed by atoms with Crippen molar-refractivity contribution >= 4 is 0 Å². The molecular formula is C24H43N. The topological polar surface area (TPSA) is 26.0 Å².